The predicted octanol–water partition coefficient (Wildman–Crippen LogP) is 4.79. The van der Waals surface area contributed by atoms with Gasteiger partial charge in [0.2, 0.25) is 0 Å². The lowest BCUT2D eigenvalue weighted by molar-refractivity contribution is 0.193. The second kappa shape index (κ2) is 10.3. The number of nitrogens with zero attached hydrogens (tertiary/aromatic N) is 1. The molecule has 0 aliphatic rings. The highest BCUT2D eigenvalue weighted by molar-refractivity contribution is 5.89. The summed E-state index contributed by atoms with van der Waals surface area (Å²) in [5, 5.41) is 2.95. The highest BCUT2D eigenvalue weighted by atomic mass is 16.5. The van der Waals surface area contributed by atoms with E-state index in [0.29, 0.717) is 13.2 Å². The van der Waals surface area contributed by atoms with Crippen molar-refractivity contribution < 1.29 is 9.53 Å². The molecule has 2 aromatic carbocycles. The first-order valence-electron chi connectivity index (χ1n) is 8.58. The van der Waals surface area contributed by atoms with E-state index in [1.54, 1.807) is 0 Å². The average molecular weight is 326 g/mol. The van der Waals surface area contributed by atoms with Crippen LogP contribution in [-0.4, -0.2) is 30.6 Å². The molecule has 0 spiro atoms. The molecule has 0 heterocycles. The molecule has 2 rings (SSSR count). The van der Waals surface area contributed by atoms with E-state index in [9.17, 15) is 4.79 Å². The van der Waals surface area contributed by atoms with Crippen LogP contribution in [0.2, 0.25) is 0 Å². The number of hydrogen-bond acceptors (Lipinski definition) is 2. The van der Waals surface area contributed by atoms with Crippen molar-refractivity contribution in [3.63, 3.8) is 0 Å². The van der Waals surface area contributed by atoms with Crippen molar-refractivity contribution in [2.24, 2.45) is 0 Å². The van der Waals surface area contributed by atoms with Crippen molar-refractivity contribution in [2.75, 3.05) is 25.0 Å². The maximum Gasteiger partial charge on any atom is 0.321 e. The molecule has 1 N–H and O–H groups in total. The third-order valence-corrected chi connectivity index (χ3v) is 3.72. The monoisotopic (exact) mass is 326 g/mol. The maximum absolute atomic E-state index is 12.5. The molecule has 0 bridgehead atoms. The van der Waals surface area contributed by atoms with Crippen LogP contribution in [0.5, 0.6) is 5.75 Å². The number of anilines is 1. The molecule has 0 saturated carbocycles. The molecule has 2 amide bonds. The minimum atomic E-state index is -0.0750. The Morgan fingerprint density at radius 1 is 0.958 bits per heavy atom. The molecule has 0 atom stereocenters. The van der Waals surface area contributed by atoms with Gasteiger partial charge in [0.25, 0.3) is 0 Å². The van der Waals surface area contributed by atoms with Gasteiger partial charge in [-0.1, -0.05) is 56.2 Å². The minimum Gasteiger partial charge on any atom is -0.492 e. The molecular weight excluding hydrogens is 300 g/mol. The predicted molar refractivity (Wildman–Crippen MR) is 98.5 cm³/mol. The number of benzene rings is 2. The van der Waals surface area contributed by atoms with Gasteiger partial charge in [-0.15, -0.1) is 0 Å². The molecule has 24 heavy (non-hydrogen) atoms. The first-order chi connectivity index (χ1) is 11.8. The van der Waals surface area contributed by atoms with Gasteiger partial charge in [-0.05, 0) is 30.7 Å². The van der Waals surface area contributed by atoms with Crippen LogP contribution in [0.25, 0.3) is 0 Å². The molecule has 128 valence electrons. The highest BCUT2D eigenvalue weighted by Gasteiger charge is 2.13. The summed E-state index contributed by atoms with van der Waals surface area (Å²) < 4.78 is 5.72. The first-order valence-corrected chi connectivity index (χ1v) is 8.58. The Kier molecular flexibility index (Phi) is 7.68. The largest absolute Gasteiger partial charge is 0.492 e. The number of carbonyl (C=O) groups excluding carboxylic acids is 1. The van der Waals surface area contributed by atoms with Gasteiger partial charge in [0, 0.05) is 12.2 Å². The first kappa shape index (κ1) is 17.9. The van der Waals surface area contributed by atoms with Crippen LogP contribution in [-0.2, 0) is 0 Å². The molecule has 0 fully saturated rings. The smallest absolute Gasteiger partial charge is 0.321 e. The van der Waals surface area contributed by atoms with Crippen LogP contribution in [0.3, 0.4) is 0 Å². The van der Waals surface area contributed by atoms with Gasteiger partial charge >= 0.3 is 6.03 Å². The van der Waals surface area contributed by atoms with Crippen LogP contribution in [0.4, 0.5) is 10.5 Å². The van der Waals surface area contributed by atoms with Crippen molar-refractivity contribution in [2.45, 2.75) is 26.2 Å². The molecule has 4 heteroatoms. The summed E-state index contributed by atoms with van der Waals surface area (Å²) >= 11 is 0. The van der Waals surface area contributed by atoms with Gasteiger partial charge in [0.1, 0.15) is 12.4 Å². The molecule has 0 aliphatic heterocycles. The third kappa shape index (κ3) is 6.32. The summed E-state index contributed by atoms with van der Waals surface area (Å²) in [5.74, 6) is 0.828. The SMILES string of the molecule is CCCCCN(CCOc1ccccc1)C(=O)Nc1ccccc1. The number of nitrogens with one attached hydrogen (secondary N) is 1. The van der Waals surface area contributed by atoms with E-state index in [2.05, 4.69) is 12.2 Å². The summed E-state index contributed by atoms with van der Waals surface area (Å²) in [6, 6.07) is 19.1. The number of para-hydroxylation sites is 2. The molecule has 0 saturated heterocycles. The van der Waals surface area contributed by atoms with Gasteiger partial charge < -0.3 is 15.0 Å². The van der Waals surface area contributed by atoms with E-state index in [0.717, 1.165) is 37.2 Å². The van der Waals surface area contributed by atoms with E-state index in [4.69, 9.17) is 4.74 Å². The lowest BCUT2D eigenvalue weighted by Crippen LogP contribution is -2.38. The molecule has 0 radical (unpaired) electrons. The van der Waals surface area contributed by atoms with Gasteiger partial charge in [-0.2, -0.15) is 0 Å². The summed E-state index contributed by atoms with van der Waals surface area (Å²) in [4.78, 5) is 14.3. The fourth-order valence-electron chi connectivity index (χ4n) is 2.38. The van der Waals surface area contributed by atoms with Gasteiger partial charge in [0.05, 0.1) is 6.54 Å². The zero-order chi connectivity index (χ0) is 17.0. The average Bonchev–Trinajstić information content (AvgIpc) is 2.62. The number of carbonyl (C=O) groups is 1. The van der Waals surface area contributed by atoms with E-state index in [1.807, 2.05) is 65.6 Å². The fraction of sp³-hybridized carbons (Fsp3) is 0.350. The van der Waals surface area contributed by atoms with E-state index in [-0.39, 0.29) is 6.03 Å². The summed E-state index contributed by atoms with van der Waals surface area (Å²) in [6.07, 6.45) is 3.26. The Labute approximate surface area is 144 Å². The quantitative estimate of drug-likeness (QED) is 0.673. The number of amides is 2. The minimum absolute atomic E-state index is 0.0750. The fourth-order valence-corrected chi connectivity index (χ4v) is 2.38. The Bertz CT molecular complexity index is 587. The molecule has 0 aromatic heterocycles. The van der Waals surface area contributed by atoms with Crippen molar-refractivity contribution in [1.82, 2.24) is 4.90 Å². The van der Waals surface area contributed by atoms with E-state index < -0.39 is 0 Å². The van der Waals surface area contributed by atoms with Crippen molar-refractivity contribution in [3.05, 3.63) is 60.7 Å². The molecule has 0 unspecified atom stereocenters. The van der Waals surface area contributed by atoms with E-state index in [1.165, 1.54) is 0 Å². The topological polar surface area (TPSA) is 41.6 Å². The maximum atomic E-state index is 12.5. The van der Waals surface area contributed by atoms with Crippen molar-refractivity contribution >= 4 is 11.7 Å². The Hall–Kier alpha value is -2.49. The third-order valence-electron chi connectivity index (χ3n) is 3.72. The normalized spacial score (nSPS) is 10.2. The molecule has 2 aromatic rings. The Morgan fingerprint density at radius 3 is 2.29 bits per heavy atom. The lowest BCUT2D eigenvalue weighted by atomic mass is 10.2. The summed E-state index contributed by atoms with van der Waals surface area (Å²) in [5.41, 5.74) is 0.812. The van der Waals surface area contributed by atoms with Gasteiger partial charge in [-0.3, -0.25) is 0 Å². The standard InChI is InChI=1S/C20H26N2O2/c1-2-3-10-15-22(16-17-24-19-13-8-5-9-14-19)20(23)21-18-11-6-4-7-12-18/h4-9,11-14H,2-3,10,15-17H2,1H3,(H,21,23). The summed E-state index contributed by atoms with van der Waals surface area (Å²) in [7, 11) is 0. The van der Waals surface area contributed by atoms with Crippen LogP contribution in [0, 0.1) is 0 Å². The number of urea groups is 1. The second-order valence-electron chi connectivity index (χ2n) is 5.65. The highest BCUT2D eigenvalue weighted by Crippen LogP contribution is 2.10. The van der Waals surface area contributed by atoms with Gasteiger partial charge in [-0.25, -0.2) is 4.79 Å². The number of rotatable bonds is 9. The van der Waals surface area contributed by atoms with Crippen molar-refractivity contribution in [1.29, 1.82) is 0 Å². The van der Waals surface area contributed by atoms with Gasteiger partial charge in [0.15, 0.2) is 0 Å². The second-order valence-corrected chi connectivity index (χ2v) is 5.65. The van der Waals surface area contributed by atoms with Crippen LogP contribution >= 0.6 is 0 Å². The van der Waals surface area contributed by atoms with Crippen LogP contribution in [0.1, 0.15) is 26.2 Å². The lowest BCUT2D eigenvalue weighted by Gasteiger charge is -2.23. The molecule has 0 aliphatic carbocycles. The van der Waals surface area contributed by atoms with E-state index >= 15 is 0 Å². The van der Waals surface area contributed by atoms with Crippen LogP contribution in [0.15, 0.2) is 60.7 Å². The number of unbranched alkanes of at least 4 members (excludes halogenated alkanes) is 2. The van der Waals surface area contributed by atoms with Crippen molar-refractivity contribution in [3.8, 4) is 5.75 Å². The number of hydrogen-bond donors (Lipinski definition) is 1. The summed E-state index contributed by atoms with van der Waals surface area (Å²) in [6.45, 7) is 3.95. The van der Waals surface area contributed by atoms with Crippen LogP contribution < -0.4 is 10.1 Å². The Balaban J connectivity index is 1.86. The Morgan fingerprint density at radius 2 is 1.62 bits per heavy atom. The zero-order valence-electron chi connectivity index (χ0n) is 14.3. The number of ether oxygens (including phenoxy) is 1. The molecular formula is C20H26N2O2. The zero-order valence-corrected chi connectivity index (χ0v) is 14.3. The molecule has 4 nitrogen and oxygen atoms in total.